The zero-order valence-corrected chi connectivity index (χ0v) is 13.0. The Morgan fingerprint density at radius 2 is 1.78 bits per heavy atom. The molecular weight excluding hydrogens is 248 g/mol. The number of nitrogens with zero attached hydrogens (tertiary/aromatic N) is 1. The number of rotatable bonds is 5. The van der Waals surface area contributed by atoms with E-state index < -0.39 is 10.0 Å². The molecule has 1 aliphatic rings. The van der Waals surface area contributed by atoms with Crippen LogP contribution in [0.25, 0.3) is 0 Å². The Labute approximate surface area is 112 Å². The highest BCUT2D eigenvalue weighted by atomic mass is 32.2. The van der Waals surface area contributed by atoms with Gasteiger partial charge in [-0.05, 0) is 52.5 Å². The van der Waals surface area contributed by atoms with Crippen molar-refractivity contribution in [1.82, 2.24) is 9.62 Å². The van der Waals surface area contributed by atoms with Crippen LogP contribution in [-0.2, 0) is 10.0 Å². The summed E-state index contributed by atoms with van der Waals surface area (Å²) in [5.41, 5.74) is 0.144. The van der Waals surface area contributed by atoms with Gasteiger partial charge in [-0.25, -0.2) is 12.7 Å². The number of hydrogen-bond acceptors (Lipinski definition) is 3. The number of hydrogen-bond donors (Lipinski definition) is 1. The van der Waals surface area contributed by atoms with E-state index in [4.69, 9.17) is 0 Å². The van der Waals surface area contributed by atoms with E-state index in [0.717, 1.165) is 19.4 Å². The van der Waals surface area contributed by atoms with Gasteiger partial charge in [0, 0.05) is 18.6 Å². The van der Waals surface area contributed by atoms with E-state index in [2.05, 4.69) is 26.1 Å². The highest BCUT2D eigenvalue weighted by Gasteiger charge is 2.27. The van der Waals surface area contributed by atoms with Gasteiger partial charge in [-0.1, -0.05) is 6.92 Å². The van der Waals surface area contributed by atoms with E-state index >= 15 is 0 Å². The average Bonchev–Trinajstić information content (AvgIpc) is 2.26. The summed E-state index contributed by atoms with van der Waals surface area (Å²) >= 11 is 0. The summed E-state index contributed by atoms with van der Waals surface area (Å²) in [7, 11) is -2.99. The van der Waals surface area contributed by atoms with E-state index in [0.29, 0.717) is 25.4 Å². The van der Waals surface area contributed by atoms with E-state index in [9.17, 15) is 8.42 Å². The van der Waals surface area contributed by atoms with Crippen LogP contribution in [0.3, 0.4) is 0 Å². The summed E-state index contributed by atoms with van der Waals surface area (Å²) in [6.07, 6.45) is 2.66. The van der Waals surface area contributed by atoms with Gasteiger partial charge < -0.3 is 5.32 Å². The molecule has 0 amide bonds. The van der Waals surface area contributed by atoms with Crippen LogP contribution >= 0.6 is 0 Å². The maximum atomic E-state index is 11.9. The molecule has 0 spiro atoms. The van der Waals surface area contributed by atoms with Gasteiger partial charge in [-0.2, -0.15) is 0 Å². The zero-order valence-electron chi connectivity index (χ0n) is 12.2. The molecule has 1 heterocycles. The summed E-state index contributed by atoms with van der Waals surface area (Å²) in [5, 5.41) is 3.50. The molecule has 1 N–H and O–H groups in total. The van der Waals surface area contributed by atoms with E-state index in [1.807, 2.05) is 6.92 Å². The van der Waals surface area contributed by atoms with E-state index in [1.54, 1.807) is 4.31 Å². The Bertz CT molecular complexity index is 338. The Balaban J connectivity index is 2.37. The third-order valence-corrected chi connectivity index (χ3v) is 5.43. The normalized spacial score (nSPS) is 20.2. The van der Waals surface area contributed by atoms with Crippen molar-refractivity contribution in [2.75, 3.05) is 25.4 Å². The largest absolute Gasteiger partial charge is 0.312 e. The lowest BCUT2D eigenvalue weighted by atomic mass is 9.97. The predicted molar refractivity (Wildman–Crippen MR) is 76.1 cm³/mol. The monoisotopic (exact) mass is 276 g/mol. The topological polar surface area (TPSA) is 49.4 Å². The first-order chi connectivity index (χ1) is 8.24. The Morgan fingerprint density at radius 1 is 1.22 bits per heavy atom. The number of sulfonamides is 1. The van der Waals surface area contributed by atoms with Crippen LogP contribution in [0.2, 0.25) is 0 Å². The van der Waals surface area contributed by atoms with Gasteiger partial charge in [-0.3, -0.25) is 0 Å². The molecule has 1 fully saturated rings. The second-order valence-corrected chi connectivity index (χ2v) is 8.38. The van der Waals surface area contributed by atoms with Gasteiger partial charge in [-0.15, -0.1) is 0 Å². The van der Waals surface area contributed by atoms with Gasteiger partial charge in [0.1, 0.15) is 0 Å². The molecule has 1 rings (SSSR count). The van der Waals surface area contributed by atoms with Gasteiger partial charge in [0.15, 0.2) is 0 Å². The maximum absolute atomic E-state index is 11.9. The molecule has 0 aromatic heterocycles. The molecule has 0 bridgehead atoms. The number of nitrogens with one attached hydrogen (secondary N) is 1. The molecule has 0 atom stereocenters. The molecule has 5 heteroatoms. The van der Waals surface area contributed by atoms with Crippen molar-refractivity contribution < 1.29 is 8.42 Å². The van der Waals surface area contributed by atoms with Crippen LogP contribution in [0.5, 0.6) is 0 Å². The van der Waals surface area contributed by atoms with Crippen molar-refractivity contribution >= 4 is 10.0 Å². The maximum Gasteiger partial charge on any atom is 0.214 e. The summed E-state index contributed by atoms with van der Waals surface area (Å²) in [5.74, 6) is 0.898. The lowest BCUT2D eigenvalue weighted by molar-refractivity contribution is 0.251. The SMILES string of the molecule is CCCS(=O)(=O)N1CCC(CNC(C)(C)C)CC1. The molecular formula is C13H28N2O2S. The first-order valence-corrected chi connectivity index (χ1v) is 8.58. The minimum atomic E-state index is -2.99. The van der Waals surface area contributed by atoms with E-state index in [1.165, 1.54) is 0 Å². The van der Waals surface area contributed by atoms with Crippen LogP contribution in [0.15, 0.2) is 0 Å². The van der Waals surface area contributed by atoms with Gasteiger partial charge in [0.05, 0.1) is 5.75 Å². The fraction of sp³-hybridized carbons (Fsp3) is 1.00. The quantitative estimate of drug-likeness (QED) is 0.833. The molecule has 0 radical (unpaired) electrons. The Morgan fingerprint density at radius 3 is 2.22 bits per heavy atom. The van der Waals surface area contributed by atoms with Crippen LogP contribution < -0.4 is 5.32 Å². The van der Waals surface area contributed by atoms with Crippen molar-refractivity contribution in [2.24, 2.45) is 5.92 Å². The second-order valence-electron chi connectivity index (χ2n) is 6.29. The third-order valence-electron chi connectivity index (χ3n) is 3.35. The van der Waals surface area contributed by atoms with Gasteiger partial charge in [0.25, 0.3) is 0 Å². The molecule has 108 valence electrons. The standard InChI is InChI=1S/C13H28N2O2S/c1-5-10-18(16,17)15-8-6-12(7-9-15)11-14-13(2,3)4/h12,14H,5-11H2,1-4H3. The summed E-state index contributed by atoms with van der Waals surface area (Å²) < 4.78 is 25.5. The lowest BCUT2D eigenvalue weighted by Crippen LogP contribution is -2.44. The van der Waals surface area contributed by atoms with Crippen molar-refractivity contribution in [3.8, 4) is 0 Å². The fourth-order valence-corrected chi connectivity index (χ4v) is 3.77. The van der Waals surface area contributed by atoms with Crippen LogP contribution in [0.4, 0.5) is 0 Å². The molecule has 4 nitrogen and oxygen atoms in total. The Hall–Kier alpha value is -0.130. The molecule has 0 saturated carbocycles. The summed E-state index contributed by atoms with van der Waals surface area (Å²) in [6, 6.07) is 0. The van der Waals surface area contributed by atoms with Gasteiger partial charge in [0.2, 0.25) is 10.0 Å². The van der Waals surface area contributed by atoms with Crippen LogP contribution in [0, 0.1) is 5.92 Å². The van der Waals surface area contributed by atoms with Crippen molar-refractivity contribution in [2.45, 2.75) is 52.5 Å². The first kappa shape index (κ1) is 15.9. The molecule has 1 saturated heterocycles. The highest BCUT2D eigenvalue weighted by molar-refractivity contribution is 7.89. The summed E-state index contributed by atoms with van der Waals surface area (Å²) in [6.45, 7) is 10.8. The predicted octanol–water partition coefficient (Wildman–Crippen LogP) is 1.83. The summed E-state index contributed by atoms with van der Waals surface area (Å²) in [4.78, 5) is 0. The average molecular weight is 276 g/mol. The van der Waals surface area contributed by atoms with Crippen molar-refractivity contribution in [3.05, 3.63) is 0 Å². The second kappa shape index (κ2) is 6.35. The van der Waals surface area contributed by atoms with Crippen LogP contribution in [-0.4, -0.2) is 43.6 Å². The molecule has 18 heavy (non-hydrogen) atoms. The van der Waals surface area contributed by atoms with Crippen molar-refractivity contribution in [1.29, 1.82) is 0 Å². The first-order valence-electron chi connectivity index (χ1n) is 6.97. The third kappa shape index (κ3) is 5.24. The smallest absolute Gasteiger partial charge is 0.214 e. The van der Waals surface area contributed by atoms with Crippen LogP contribution in [0.1, 0.15) is 47.0 Å². The van der Waals surface area contributed by atoms with E-state index in [-0.39, 0.29) is 11.3 Å². The molecule has 0 aromatic rings. The molecule has 0 aromatic carbocycles. The molecule has 0 unspecified atom stereocenters. The number of piperidine rings is 1. The highest BCUT2D eigenvalue weighted by Crippen LogP contribution is 2.20. The molecule has 0 aliphatic carbocycles. The zero-order chi connectivity index (χ0) is 13.8. The minimum absolute atomic E-state index is 0.144. The Kier molecular flexibility index (Phi) is 5.62. The fourth-order valence-electron chi connectivity index (χ4n) is 2.23. The van der Waals surface area contributed by atoms with Crippen molar-refractivity contribution in [3.63, 3.8) is 0 Å². The lowest BCUT2D eigenvalue weighted by Gasteiger charge is -2.33. The molecule has 1 aliphatic heterocycles. The minimum Gasteiger partial charge on any atom is -0.312 e. The van der Waals surface area contributed by atoms with Gasteiger partial charge >= 0.3 is 0 Å².